The second kappa shape index (κ2) is 9.41. The van der Waals surface area contributed by atoms with Crippen molar-refractivity contribution in [2.75, 3.05) is 6.61 Å². The number of ether oxygens (including phenoxy) is 1. The van der Waals surface area contributed by atoms with Crippen LogP contribution in [0.25, 0.3) is 0 Å². The summed E-state index contributed by atoms with van der Waals surface area (Å²) in [6, 6.07) is 6.46. The first kappa shape index (κ1) is 16.6. The highest BCUT2D eigenvalue weighted by molar-refractivity contribution is 9.09. The highest BCUT2D eigenvalue weighted by Crippen LogP contribution is 2.35. The zero-order valence-corrected chi connectivity index (χ0v) is 14.1. The Morgan fingerprint density at radius 3 is 2.53 bits per heavy atom. The molecule has 0 bridgehead atoms. The number of aryl methyl sites for hydroxylation is 1. The minimum absolute atomic E-state index is 0.413. The summed E-state index contributed by atoms with van der Waals surface area (Å²) in [7, 11) is 0. The van der Waals surface area contributed by atoms with Gasteiger partial charge < -0.3 is 4.74 Å². The van der Waals surface area contributed by atoms with E-state index in [4.69, 9.17) is 4.74 Å². The SMILES string of the molecule is CCCCCCCC(Br)c1cc(C)ccc1OCC. The van der Waals surface area contributed by atoms with E-state index in [9.17, 15) is 0 Å². The van der Waals surface area contributed by atoms with Crippen molar-refractivity contribution in [2.24, 2.45) is 0 Å². The van der Waals surface area contributed by atoms with Crippen LogP contribution in [0.4, 0.5) is 0 Å². The molecule has 0 aliphatic heterocycles. The van der Waals surface area contributed by atoms with Gasteiger partial charge in [-0.15, -0.1) is 0 Å². The van der Waals surface area contributed by atoms with Gasteiger partial charge in [-0.05, 0) is 26.3 Å². The fourth-order valence-electron chi connectivity index (χ4n) is 2.28. The molecule has 19 heavy (non-hydrogen) atoms. The van der Waals surface area contributed by atoms with Gasteiger partial charge in [0.2, 0.25) is 0 Å². The van der Waals surface area contributed by atoms with Gasteiger partial charge in [0, 0.05) is 10.4 Å². The van der Waals surface area contributed by atoms with Crippen molar-refractivity contribution in [1.29, 1.82) is 0 Å². The quantitative estimate of drug-likeness (QED) is 0.388. The summed E-state index contributed by atoms with van der Waals surface area (Å²) < 4.78 is 5.73. The monoisotopic (exact) mass is 326 g/mol. The summed E-state index contributed by atoms with van der Waals surface area (Å²) in [5, 5.41) is 0. The maximum Gasteiger partial charge on any atom is 0.123 e. The zero-order chi connectivity index (χ0) is 14.1. The number of rotatable bonds is 9. The molecular formula is C17H27BrO. The van der Waals surface area contributed by atoms with Crippen LogP contribution in [0.1, 0.15) is 68.3 Å². The second-order valence-corrected chi connectivity index (χ2v) is 6.25. The zero-order valence-electron chi connectivity index (χ0n) is 12.5. The number of benzene rings is 1. The molecule has 0 saturated heterocycles. The van der Waals surface area contributed by atoms with Crippen LogP contribution in [0.15, 0.2) is 18.2 Å². The van der Waals surface area contributed by atoms with Crippen molar-refractivity contribution < 1.29 is 4.74 Å². The molecular weight excluding hydrogens is 300 g/mol. The third-order valence-corrected chi connectivity index (χ3v) is 4.31. The third-order valence-electron chi connectivity index (χ3n) is 3.36. The molecule has 108 valence electrons. The van der Waals surface area contributed by atoms with Gasteiger partial charge in [0.25, 0.3) is 0 Å². The molecule has 0 saturated carbocycles. The smallest absolute Gasteiger partial charge is 0.123 e. The molecule has 0 aromatic heterocycles. The predicted molar refractivity (Wildman–Crippen MR) is 87.4 cm³/mol. The van der Waals surface area contributed by atoms with E-state index in [0.29, 0.717) is 4.83 Å². The summed E-state index contributed by atoms with van der Waals surface area (Å²) in [6.07, 6.45) is 7.85. The summed E-state index contributed by atoms with van der Waals surface area (Å²) in [5.41, 5.74) is 2.60. The van der Waals surface area contributed by atoms with Crippen LogP contribution < -0.4 is 4.74 Å². The molecule has 0 aliphatic rings. The number of hydrogen-bond donors (Lipinski definition) is 0. The van der Waals surface area contributed by atoms with Crippen LogP contribution in [0.5, 0.6) is 5.75 Å². The topological polar surface area (TPSA) is 9.23 Å². The number of halogens is 1. The largest absolute Gasteiger partial charge is 0.494 e. The summed E-state index contributed by atoms with van der Waals surface area (Å²) in [6.45, 7) is 7.17. The Kier molecular flexibility index (Phi) is 8.20. The van der Waals surface area contributed by atoms with E-state index < -0.39 is 0 Å². The minimum Gasteiger partial charge on any atom is -0.494 e. The van der Waals surface area contributed by atoms with Gasteiger partial charge in [-0.1, -0.05) is 72.7 Å². The predicted octanol–water partition coefficient (Wildman–Crippen LogP) is 6.19. The van der Waals surface area contributed by atoms with Crippen LogP contribution in [0, 0.1) is 6.92 Å². The first-order chi connectivity index (χ1) is 9.19. The Morgan fingerprint density at radius 1 is 1.11 bits per heavy atom. The van der Waals surface area contributed by atoms with Gasteiger partial charge in [0.1, 0.15) is 5.75 Å². The van der Waals surface area contributed by atoms with Crippen molar-refractivity contribution in [3.8, 4) is 5.75 Å². The molecule has 0 aliphatic carbocycles. The fraction of sp³-hybridized carbons (Fsp3) is 0.647. The standard InChI is InChI=1S/C17H27BrO/c1-4-6-7-8-9-10-16(18)15-13-14(3)11-12-17(15)19-5-2/h11-13,16H,4-10H2,1-3H3. The Morgan fingerprint density at radius 2 is 1.84 bits per heavy atom. The molecule has 1 atom stereocenters. The van der Waals surface area contributed by atoms with Crippen molar-refractivity contribution in [3.63, 3.8) is 0 Å². The summed E-state index contributed by atoms with van der Waals surface area (Å²) >= 11 is 3.83. The van der Waals surface area contributed by atoms with Gasteiger partial charge in [0.05, 0.1) is 6.61 Å². The van der Waals surface area contributed by atoms with Crippen LogP contribution in [-0.2, 0) is 0 Å². The van der Waals surface area contributed by atoms with E-state index in [1.54, 1.807) is 0 Å². The number of unbranched alkanes of at least 4 members (excludes halogenated alkanes) is 4. The van der Waals surface area contributed by atoms with Crippen LogP contribution >= 0.6 is 15.9 Å². The van der Waals surface area contributed by atoms with E-state index in [2.05, 4.69) is 48.0 Å². The Hall–Kier alpha value is -0.500. The minimum atomic E-state index is 0.413. The van der Waals surface area contributed by atoms with Gasteiger partial charge >= 0.3 is 0 Å². The highest BCUT2D eigenvalue weighted by Gasteiger charge is 2.13. The van der Waals surface area contributed by atoms with Crippen LogP contribution in [0.3, 0.4) is 0 Å². The summed E-state index contributed by atoms with van der Waals surface area (Å²) in [4.78, 5) is 0.413. The lowest BCUT2D eigenvalue weighted by molar-refractivity contribution is 0.336. The number of hydrogen-bond acceptors (Lipinski definition) is 1. The van der Waals surface area contributed by atoms with Crippen molar-refractivity contribution >= 4 is 15.9 Å². The van der Waals surface area contributed by atoms with Gasteiger partial charge in [-0.3, -0.25) is 0 Å². The van der Waals surface area contributed by atoms with E-state index in [0.717, 1.165) is 12.4 Å². The molecule has 1 aromatic carbocycles. The molecule has 0 heterocycles. The van der Waals surface area contributed by atoms with E-state index >= 15 is 0 Å². The average molecular weight is 327 g/mol. The highest BCUT2D eigenvalue weighted by atomic mass is 79.9. The van der Waals surface area contributed by atoms with Gasteiger partial charge in [0.15, 0.2) is 0 Å². The summed E-state index contributed by atoms with van der Waals surface area (Å²) in [5.74, 6) is 1.03. The first-order valence-electron chi connectivity index (χ1n) is 7.56. The van der Waals surface area contributed by atoms with Gasteiger partial charge in [-0.2, -0.15) is 0 Å². The first-order valence-corrected chi connectivity index (χ1v) is 8.48. The molecule has 0 spiro atoms. The number of alkyl halides is 1. The van der Waals surface area contributed by atoms with E-state index in [1.807, 2.05) is 6.92 Å². The molecule has 0 fully saturated rings. The average Bonchev–Trinajstić information content (AvgIpc) is 2.40. The van der Waals surface area contributed by atoms with Crippen molar-refractivity contribution in [2.45, 2.75) is 64.1 Å². The molecule has 2 heteroatoms. The van der Waals surface area contributed by atoms with Crippen molar-refractivity contribution in [3.05, 3.63) is 29.3 Å². The lowest BCUT2D eigenvalue weighted by Gasteiger charge is -2.16. The van der Waals surface area contributed by atoms with Crippen LogP contribution in [0.2, 0.25) is 0 Å². The maximum absolute atomic E-state index is 5.73. The second-order valence-electron chi connectivity index (χ2n) is 5.14. The molecule has 1 nitrogen and oxygen atoms in total. The Balaban J connectivity index is 2.54. The Labute approximate surface area is 126 Å². The van der Waals surface area contributed by atoms with E-state index in [-0.39, 0.29) is 0 Å². The lowest BCUT2D eigenvalue weighted by atomic mass is 10.0. The fourth-order valence-corrected chi connectivity index (χ4v) is 2.96. The normalized spacial score (nSPS) is 12.4. The molecule has 0 N–H and O–H groups in total. The third kappa shape index (κ3) is 5.99. The molecule has 0 radical (unpaired) electrons. The lowest BCUT2D eigenvalue weighted by Crippen LogP contribution is -1.99. The van der Waals surface area contributed by atoms with Gasteiger partial charge in [-0.25, -0.2) is 0 Å². The maximum atomic E-state index is 5.73. The molecule has 1 unspecified atom stereocenters. The Bertz CT molecular complexity index is 362. The van der Waals surface area contributed by atoms with Crippen LogP contribution in [-0.4, -0.2) is 6.61 Å². The molecule has 0 amide bonds. The van der Waals surface area contributed by atoms with E-state index in [1.165, 1.54) is 49.7 Å². The van der Waals surface area contributed by atoms with Crippen molar-refractivity contribution in [1.82, 2.24) is 0 Å². The molecule has 1 aromatic rings. The molecule has 1 rings (SSSR count).